The second kappa shape index (κ2) is 6.47. The van der Waals surface area contributed by atoms with Gasteiger partial charge in [-0.05, 0) is 18.4 Å². The predicted octanol–water partition coefficient (Wildman–Crippen LogP) is 2.92. The van der Waals surface area contributed by atoms with E-state index in [1.54, 1.807) is 26.4 Å². The van der Waals surface area contributed by atoms with Crippen molar-refractivity contribution in [2.24, 2.45) is 5.92 Å². The Morgan fingerprint density at radius 1 is 1.19 bits per heavy atom. The highest BCUT2D eigenvalue weighted by Gasteiger charge is 2.16. The zero-order chi connectivity index (χ0) is 15.4. The van der Waals surface area contributed by atoms with E-state index in [9.17, 15) is 0 Å². The van der Waals surface area contributed by atoms with Crippen LogP contribution in [0, 0.1) is 5.92 Å². The molecular formula is C15H21N3O3. The van der Waals surface area contributed by atoms with Gasteiger partial charge in [0.2, 0.25) is 0 Å². The second-order valence-electron chi connectivity index (χ2n) is 5.24. The molecule has 0 aliphatic carbocycles. The molecule has 1 aromatic heterocycles. The first kappa shape index (κ1) is 15.2. The summed E-state index contributed by atoms with van der Waals surface area (Å²) >= 11 is 0. The maximum absolute atomic E-state index is 6.02. The highest BCUT2D eigenvalue weighted by molar-refractivity contribution is 5.75. The van der Waals surface area contributed by atoms with Gasteiger partial charge in [0.15, 0.2) is 17.3 Å². The Hall–Kier alpha value is -2.24. The topological polar surface area (TPSA) is 83.4 Å². The van der Waals surface area contributed by atoms with Crippen molar-refractivity contribution in [1.82, 2.24) is 10.1 Å². The van der Waals surface area contributed by atoms with Crippen molar-refractivity contribution in [1.29, 1.82) is 0 Å². The minimum Gasteiger partial charge on any atom is -0.493 e. The van der Waals surface area contributed by atoms with Gasteiger partial charge in [0.1, 0.15) is 0 Å². The van der Waals surface area contributed by atoms with Crippen LogP contribution in [0.15, 0.2) is 16.7 Å². The number of nitrogen functional groups attached to an aromatic ring is 1. The molecule has 0 amide bonds. The van der Waals surface area contributed by atoms with Crippen LogP contribution in [0.5, 0.6) is 11.5 Å². The van der Waals surface area contributed by atoms with Gasteiger partial charge in [-0.1, -0.05) is 19.0 Å². The maximum atomic E-state index is 6.02. The van der Waals surface area contributed by atoms with E-state index in [4.69, 9.17) is 19.7 Å². The van der Waals surface area contributed by atoms with Gasteiger partial charge in [-0.2, -0.15) is 4.98 Å². The van der Waals surface area contributed by atoms with Crippen LogP contribution in [0.2, 0.25) is 0 Å². The first-order valence-electron chi connectivity index (χ1n) is 6.89. The van der Waals surface area contributed by atoms with Gasteiger partial charge in [0.05, 0.1) is 19.8 Å². The lowest BCUT2D eigenvalue weighted by Crippen LogP contribution is -1.97. The average Bonchev–Trinajstić information content (AvgIpc) is 2.93. The highest BCUT2D eigenvalue weighted by atomic mass is 16.5. The number of aryl methyl sites for hydroxylation is 1. The van der Waals surface area contributed by atoms with Crippen molar-refractivity contribution in [3.05, 3.63) is 18.0 Å². The van der Waals surface area contributed by atoms with E-state index in [-0.39, 0.29) is 0 Å². The number of aromatic nitrogens is 2. The van der Waals surface area contributed by atoms with Gasteiger partial charge in [0, 0.05) is 18.2 Å². The molecule has 0 radical (unpaired) electrons. The summed E-state index contributed by atoms with van der Waals surface area (Å²) in [5, 5.41) is 3.99. The Balaban J connectivity index is 2.29. The number of hydrogen-bond acceptors (Lipinski definition) is 6. The van der Waals surface area contributed by atoms with Crippen molar-refractivity contribution in [3.8, 4) is 23.0 Å². The minimum atomic E-state index is 0.396. The van der Waals surface area contributed by atoms with E-state index >= 15 is 0 Å². The number of hydrogen-bond donors (Lipinski definition) is 1. The predicted molar refractivity (Wildman–Crippen MR) is 80.4 cm³/mol. The average molecular weight is 291 g/mol. The molecule has 1 aromatic carbocycles. The zero-order valence-corrected chi connectivity index (χ0v) is 12.8. The van der Waals surface area contributed by atoms with E-state index in [1.165, 1.54) is 0 Å². The third-order valence-electron chi connectivity index (χ3n) is 3.20. The van der Waals surface area contributed by atoms with Crippen molar-refractivity contribution >= 4 is 5.69 Å². The quantitative estimate of drug-likeness (QED) is 0.824. The molecule has 2 rings (SSSR count). The van der Waals surface area contributed by atoms with E-state index in [1.807, 2.05) is 0 Å². The molecule has 0 bridgehead atoms. The van der Waals surface area contributed by atoms with Crippen LogP contribution < -0.4 is 15.2 Å². The Morgan fingerprint density at radius 2 is 1.86 bits per heavy atom. The van der Waals surface area contributed by atoms with Gasteiger partial charge in [-0.15, -0.1) is 0 Å². The van der Waals surface area contributed by atoms with E-state index in [2.05, 4.69) is 24.0 Å². The Labute approximate surface area is 124 Å². The lowest BCUT2D eigenvalue weighted by molar-refractivity contribution is 0.355. The van der Waals surface area contributed by atoms with Crippen molar-refractivity contribution < 1.29 is 14.0 Å². The highest BCUT2D eigenvalue weighted by Crippen LogP contribution is 2.36. The summed E-state index contributed by atoms with van der Waals surface area (Å²) in [4.78, 5) is 4.39. The fourth-order valence-electron chi connectivity index (χ4n) is 1.96. The van der Waals surface area contributed by atoms with Gasteiger partial charge >= 0.3 is 0 Å². The number of ether oxygens (including phenoxy) is 2. The number of methoxy groups -OCH3 is 2. The van der Waals surface area contributed by atoms with Crippen LogP contribution in [0.3, 0.4) is 0 Å². The molecular weight excluding hydrogens is 270 g/mol. The van der Waals surface area contributed by atoms with Gasteiger partial charge in [0.25, 0.3) is 5.89 Å². The van der Waals surface area contributed by atoms with E-state index < -0.39 is 0 Å². The summed E-state index contributed by atoms with van der Waals surface area (Å²) in [5.41, 5.74) is 7.18. The summed E-state index contributed by atoms with van der Waals surface area (Å²) in [6.45, 7) is 4.32. The molecule has 0 aliphatic rings. The lowest BCUT2D eigenvalue weighted by Gasteiger charge is -2.10. The third-order valence-corrected chi connectivity index (χ3v) is 3.20. The number of benzene rings is 1. The molecule has 2 N–H and O–H groups in total. The van der Waals surface area contributed by atoms with Crippen LogP contribution in [0.4, 0.5) is 5.69 Å². The summed E-state index contributed by atoms with van der Waals surface area (Å²) in [6.07, 6.45) is 1.80. The Bertz CT molecular complexity index is 608. The molecule has 0 saturated heterocycles. The summed E-state index contributed by atoms with van der Waals surface area (Å²) < 4.78 is 15.8. The van der Waals surface area contributed by atoms with E-state index in [0.717, 1.165) is 12.8 Å². The molecule has 2 aromatic rings. The second-order valence-corrected chi connectivity index (χ2v) is 5.24. The molecule has 0 atom stereocenters. The van der Waals surface area contributed by atoms with Crippen LogP contribution in [0.25, 0.3) is 11.5 Å². The molecule has 6 nitrogen and oxygen atoms in total. The molecule has 1 heterocycles. The smallest absolute Gasteiger partial charge is 0.260 e. The van der Waals surface area contributed by atoms with Crippen LogP contribution >= 0.6 is 0 Å². The van der Waals surface area contributed by atoms with Crippen molar-refractivity contribution in [3.63, 3.8) is 0 Å². The summed E-state index contributed by atoms with van der Waals surface area (Å²) in [7, 11) is 3.13. The van der Waals surface area contributed by atoms with Gasteiger partial charge < -0.3 is 19.7 Å². The molecule has 114 valence electrons. The fraction of sp³-hybridized carbons (Fsp3) is 0.467. The van der Waals surface area contributed by atoms with Crippen LogP contribution in [0.1, 0.15) is 26.1 Å². The maximum Gasteiger partial charge on any atom is 0.260 e. The Kier molecular flexibility index (Phi) is 4.67. The first-order valence-corrected chi connectivity index (χ1v) is 6.89. The van der Waals surface area contributed by atoms with Crippen LogP contribution in [-0.4, -0.2) is 24.4 Å². The normalized spacial score (nSPS) is 10.9. The molecule has 21 heavy (non-hydrogen) atoms. The summed E-state index contributed by atoms with van der Waals surface area (Å²) in [6, 6.07) is 3.43. The number of nitrogens with zero attached hydrogens (tertiary/aromatic N) is 2. The van der Waals surface area contributed by atoms with Gasteiger partial charge in [-0.25, -0.2) is 0 Å². The molecule has 0 saturated carbocycles. The zero-order valence-electron chi connectivity index (χ0n) is 12.8. The van der Waals surface area contributed by atoms with Crippen molar-refractivity contribution in [2.45, 2.75) is 26.7 Å². The molecule has 6 heteroatoms. The SMILES string of the molecule is COc1cc(N)c(-c2nc(CCC(C)C)no2)cc1OC. The lowest BCUT2D eigenvalue weighted by atomic mass is 10.1. The first-order chi connectivity index (χ1) is 10.0. The number of rotatable bonds is 6. The molecule has 0 spiro atoms. The van der Waals surface area contributed by atoms with E-state index in [0.29, 0.717) is 40.4 Å². The number of anilines is 1. The monoisotopic (exact) mass is 291 g/mol. The largest absolute Gasteiger partial charge is 0.493 e. The number of nitrogens with two attached hydrogens (primary N) is 1. The fourth-order valence-corrected chi connectivity index (χ4v) is 1.96. The minimum absolute atomic E-state index is 0.396. The van der Waals surface area contributed by atoms with Crippen molar-refractivity contribution in [2.75, 3.05) is 20.0 Å². The van der Waals surface area contributed by atoms with Gasteiger partial charge in [-0.3, -0.25) is 0 Å². The summed E-state index contributed by atoms with van der Waals surface area (Å²) in [5.74, 6) is 2.82. The standard InChI is InChI=1S/C15H21N3O3/c1-9(2)5-6-14-17-15(21-18-14)10-7-12(19-3)13(20-4)8-11(10)16/h7-9H,5-6,16H2,1-4H3. The molecule has 0 unspecified atom stereocenters. The Morgan fingerprint density at radius 3 is 2.48 bits per heavy atom. The van der Waals surface area contributed by atoms with Crippen LogP contribution in [-0.2, 0) is 6.42 Å². The molecule has 0 fully saturated rings. The third kappa shape index (κ3) is 3.45. The molecule has 0 aliphatic heterocycles.